The van der Waals surface area contributed by atoms with Crippen molar-refractivity contribution < 1.29 is 35.1 Å². The molecular weight excluding hydrogens is 346 g/mol. The van der Waals surface area contributed by atoms with Crippen molar-refractivity contribution in [3.63, 3.8) is 0 Å². The van der Waals surface area contributed by atoms with Gasteiger partial charge in [-0.1, -0.05) is 0 Å². The molecule has 8 N–H and O–H groups in total. The van der Waals surface area contributed by atoms with Crippen LogP contribution in [0.4, 0.5) is 0 Å². The fraction of sp³-hybridized carbons (Fsp3) is 0.875. The third-order valence-electron chi connectivity index (χ3n) is 4.39. The molecule has 0 radical (unpaired) electrons. The number of piperidine rings is 1. The number of hydrogen-bond acceptors (Lipinski definition) is 8. The van der Waals surface area contributed by atoms with E-state index < -0.39 is 42.8 Å². The van der Waals surface area contributed by atoms with Crippen molar-refractivity contribution in [2.24, 2.45) is 5.92 Å². The van der Waals surface area contributed by atoms with Gasteiger partial charge in [0.1, 0.15) is 18.3 Å². The second-order valence-corrected chi connectivity index (χ2v) is 8.15. The number of carbonyl (C=O) groups excluding carboxylic acids is 2. The van der Waals surface area contributed by atoms with Gasteiger partial charge >= 0.3 is 0 Å². The van der Waals surface area contributed by atoms with Crippen molar-refractivity contribution in [1.82, 2.24) is 16.2 Å². The van der Waals surface area contributed by atoms with Crippen LogP contribution < -0.4 is 16.2 Å². The summed E-state index contributed by atoms with van der Waals surface area (Å²) in [7, 11) is 0. The predicted octanol–water partition coefficient (Wildman–Crippen LogP) is -2.87. The zero-order chi connectivity index (χ0) is 20.3. The van der Waals surface area contributed by atoms with Crippen molar-refractivity contribution in [3.8, 4) is 0 Å². The van der Waals surface area contributed by atoms with Crippen LogP contribution in [0.2, 0.25) is 0 Å². The van der Waals surface area contributed by atoms with Crippen molar-refractivity contribution in [2.45, 2.75) is 76.0 Å². The van der Waals surface area contributed by atoms with E-state index in [1.807, 2.05) is 33.1 Å². The van der Waals surface area contributed by atoms with Crippen LogP contribution in [0.3, 0.4) is 0 Å². The summed E-state index contributed by atoms with van der Waals surface area (Å²) in [5, 5.41) is 50.3. The Kier molecular flexibility index (Phi) is 7.52. The van der Waals surface area contributed by atoms with Crippen molar-refractivity contribution >= 4 is 11.8 Å². The van der Waals surface area contributed by atoms with E-state index >= 15 is 0 Å². The lowest BCUT2D eigenvalue weighted by atomic mass is 9.75. The molecule has 10 nitrogen and oxygen atoms in total. The largest absolute Gasteiger partial charge is 0.394 e. The average Bonchev–Trinajstić information content (AvgIpc) is 2.53. The smallest absolute Gasteiger partial charge is 0.270 e. The van der Waals surface area contributed by atoms with Crippen molar-refractivity contribution in [1.29, 1.82) is 0 Å². The second-order valence-electron chi connectivity index (χ2n) is 8.15. The molecule has 1 aliphatic rings. The van der Waals surface area contributed by atoms with E-state index in [0.717, 1.165) is 0 Å². The normalized spacial score (nSPS) is 24.2. The number of hydrazine groups is 1. The van der Waals surface area contributed by atoms with Gasteiger partial charge in [0, 0.05) is 17.0 Å². The van der Waals surface area contributed by atoms with Crippen LogP contribution in [0.1, 0.15) is 40.5 Å². The molecule has 26 heavy (non-hydrogen) atoms. The highest BCUT2D eigenvalue weighted by atomic mass is 16.4. The molecular formula is C16H31N3O7. The minimum atomic E-state index is -2.10. The Morgan fingerprint density at radius 1 is 1.00 bits per heavy atom. The third kappa shape index (κ3) is 6.15. The SMILES string of the molecule is CC1(C)CC(C(=O)NNC(=O)C(O)C(O)C(O)C(O)CO)CC(C)(C)N1. The van der Waals surface area contributed by atoms with E-state index in [1.54, 1.807) is 0 Å². The summed E-state index contributed by atoms with van der Waals surface area (Å²) >= 11 is 0. The summed E-state index contributed by atoms with van der Waals surface area (Å²) in [6, 6.07) is 0. The van der Waals surface area contributed by atoms with Gasteiger partial charge in [0.15, 0.2) is 6.10 Å². The minimum Gasteiger partial charge on any atom is -0.394 e. The molecule has 1 aliphatic heterocycles. The van der Waals surface area contributed by atoms with E-state index in [4.69, 9.17) is 5.11 Å². The molecule has 10 heteroatoms. The van der Waals surface area contributed by atoms with Crippen LogP contribution >= 0.6 is 0 Å². The molecule has 4 atom stereocenters. The maximum Gasteiger partial charge on any atom is 0.270 e. The minimum absolute atomic E-state index is 0.270. The van der Waals surface area contributed by atoms with E-state index in [9.17, 15) is 30.0 Å². The first-order valence-electron chi connectivity index (χ1n) is 8.52. The highest BCUT2D eigenvalue weighted by Crippen LogP contribution is 2.32. The first-order chi connectivity index (χ1) is 11.8. The maximum atomic E-state index is 12.3. The van der Waals surface area contributed by atoms with Gasteiger partial charge in [-0.15, -0.1) is 0 Å². The number of amides is 2. The fourth-order valence-corrected chi connectivity index (χ4v) is 3.48. The highest BCUT2D eigenvalue weighted by Gasteiger charge is 2.41. The molecule has 1 rings (SSSR count). The number of rotatable bonds is 6. The molecule has 0 aliphatic carbocycles. The first-order valence-corrected chi connectivity index (χ1v) is 8.52. The Morgan fingerprint density at radius 3 is 1.96 bits per heavy atom. The Balaban J connectivity index is 2.59. The van der Waals surface area contributed by atoms with Gasteiger partial charge < -0.3 is 30.8 Å². The molecule has 152 valence electrons. The van der Waals surface area contributed by atoms with Crippen LogP contribution in [0.5, 0.6) is 0 Å². The summed E-state index contributed by atoms with van der Waals surface area (Å²) in [5.41, 5.74) is 3.68. The number of carbonyl (C=O) groups is 2. The summed E-state index contributed by atoms with van der Waals surface area (Å²) in [4.78, 5) is 24.2. The molecule has 0 aromatic heterocycles. The van der Waals surface area contributed by atoms with Gasteiger partial charge in [-0.25, -0.2) is 0 Å². The molecule has 1 fully saturated rings. The summed E-state index contributed by atoms with van der Waals surface area (Å²) in [6.45, 7) is 7.04. The molecule has 1 saturated heterocycles. The van der Waals surface area contributed by atoms with Gasteiger partial charge in [0.25, 0.3) is 5.91 Å². The number of aliphatic hydroxyl groups excluding tert-OH is 5. The fourth-order valence-electron chi connectivity index (χ4n) is 3.48. The van der Waals surface area contributed by atoms with Crippen LogP contribution in [-0.2, 0) is 9.59 Å². The molecule has 0 bridgehead atoms. The molecule has 2 amide bonds. The van der Waals surface area contributed by atoms with Crippen molar-refractivity contribution in [3.05, 3.63) is 0 Å². The number of hydrogen-bond donors (Lipinski definition) is 8. The van der Waals surface area contributed by atoms with Crippen LogP contribution in [-0.4, -0.2) is 79.4 Å². The standard InChI is InChI=1S/C16H31N3O7/c1-15(2)5-8(6-16(3,4)19-15)13(25)17-18-14(26)12(24)11(23)10(22)9(21)7-20/h8-12,19-24H,5-7H2,1-4H3,(H,17,25)(H,18,26). The lowest BCUT2D eigenvalue weighted by Crippen LogP contribution is -2.61. The average molecular weight is 377 g/mol. The highest BCUT2D eigenvalue weighted by molar-refractivity contribution is 5.86. The zero-order valence-electron chi connectivity index (χ0n) is 15.6. The van der Waals surface area contributed by atoms with E-state index in [1.165, 1.54) is 0 Å². The topological polar surface area (TPSA) is 171 Å². The lowest BCUT2D eigenvalue weighted by molar-refractivity contribution is -0.151. The van der Waals surface area contributed by atoms with Crippen LogP contribution in [0.15, 0.2) is 0 Å². The molecule has 0 aromatic rings. The van der Waals surface area contributed by atoms with E-state index in [0.29, 0.717) is 12.8 Å². The first kappa shape index (κ1) is 22.7. The van der Waals surface area contributed by atoms with Crippen LogP contribution in [0.25, 0.3) is 0 Å². The van der Waals surface area contributed by atoms with E-state index in [-0.39, 0.29) is 17.0 Å². The zero-order valence-corrected chi connectivity index (χ0v) is 15.6. The predicted molar refractivity (Wildman–Crippen MR) is 91.4 cm³/mol. The lowest BCUT2D eigenvalue weighted by Gasteiger charge is -2.45. The number of nitrogens with one attached hydrogen (secondary N) is 3. The molecule has 4 unspecified atom stereocenters. The second kappa shape index (κ2) is 8.59. The Hall–Kier alpha value is -1.30. The summed E-state index contributed by atoms with van der Waals surface area (Å²) in [5.74, 6) is -1.95. The Bertz CT molecular complexity index is 496. The van der Waals surface area contributed by atoms with Gasteiger partial charge in [-0.05, 0) is 40.5 Å². The summed E-state index contributed by atoms with van der Waals surface area (Å²) < 4.78 is 0. The summed E-state index contributed by atoms with van der Waals surface area (Å²) in [6.07, 6.45) is -6.70. The molecule has 0 spiro atoms. The monoisotopic (exact) mass is 377 g/mol. The van der Waals surface area contributed by atoms with Gasteiger partial charge in [-0.3, -0.25) is 20.4 Å². The quantitative estimate of drug-likeness (QED) is 0.228. The maximum absolute atomic E-state index is 12.3. The van der Waals surface area contributed by atoms with Crippen molar-refractivity contribution in [2.75, 3.05) is 6.61 Å². The molecule has 1 heterocycles. The van der Waals surface area contributed by atoms with Gasteiger partial charge in [0.2, 0.25) is 5.91 Å². The molecule has 0 saturated carbocycles. The third-order valence-corrected chi connectivity index (χ3v) is 4.39. The Morgan fingerprint density at radius 2 is 1.50 bits per heavy atom. The Labute approximate surface area is 152 Å². The van der Waals surface area contributed by atoms with Gasteiger partial charge in [0.05, 0.1) is 6.61 Å². The molecule has 0 aromatic carbocycles. The van der Waals surface area contributed by atoms with Gasteiger partial charge in [-0.2, -0.15) is 0 Å². The van der Waals surface area contributed by atoms with Crippen LogP contribution in [0, 0.1) is 5.92 Å². The van der Waals surface area contributed by atoms with E-state index in [2.05, 4.69) is 10.7 Å². The number of aliphatic hydroxyl groups is 5.